The lowest BCUT2D eigenvalue weighted by Crippen LogP contribution is -2.35. The summed E-state index contributed by atoms with van der Waals surface area (Å²) in [5.74, 6) is 0.108. The molecule has 0 amide bonds. The van der Waals surface area contributed by atoms with Gasteiger partial charge in [0.15, 0.2) is 17.8 Å². The van der Waals surface area contributed by atoms with Gasteiger partial charge in [-0.15, -0.1) is 0 Å². The van der Waals surface area contributed by atoms with Crippen LogP contribution in [0.3, 0.4) is 0 Å². The first-order chi connectivity index (χ1) is 13.1. The summed E-state index contributed by atoms with van der Waals surface area (Å²) in [6.45, 7) is 1.22. The molecule has 5 atom stereocenters. The van der Waals surface area contributed by atoms with Crippen LogP contribution in [-0.2, 0) is 14.2 Å². The highest BCUT2D eigenvalue weighted by Gasteiger charge is 2.48. The van der Waals surface area contributed by atoms with Crippen molar-refractivity contribution >= 4 is 27.0 Å². The third kappa shape index (κ3) is 3.05. The molecule has 1 N–H and O–H groups in total. The van der Waals surface area contributed by atoms with Gasteiger partial charge in [-0.2, -0.15) is 0 Å². The van der Waals surface area contributed by atoms with Gasteiger partial charge >= 0.3 is 0 Å². The number of aromatic nitrogens is 2. The maximum absolute atomic E-state index is 14.2. The molecular formula is C18H20BrFN2O5. The zero-order valence-electron chi connectivity index (χ0n) is 14.5. The summed E-state index contributed by atoms with van der Waals surface area (Å²) in [6, 6.07) is 3.23. The lowest BCUT2D eigenvalue weighted by atomic mass is 10.1. The summed E-state index contributed by atoms with van der Waals surface area (Å²) in [5.41, 5.74) is 1.25. The van der Waals surface area contributed by atoms with Crippen molar-refractivity contribution in [2.75, 3.05) is 19.8 Å². The largest absolute Gasteiger partial charge is 0.470 e. The number of halogens is 2. The smallest absolute Gasteiger partial charge is 0.198 e. The topological polar surface area (TPSA) is 75.0 Å². The number of fused-ring (bicyclic) bond motifs is 2. The van der Waals surface area contributed by atoms with Gasteiger partial charge in [-0.3, -0.25) is 4.57 Å². The molecule has 2 aromatic rings. The molecule has 9 heteroatoms. The number of hydrogen-bond donors (Lipinski definition) is 1. The maximum Gasteiger partial charge on any atom is 0.198 e. The molecule has 7 nitrogen and oxygen atoms in total. The molecule has 5 rings (SSSR count). The van der Waals surface area contributed by atoms with E-state index < -0.39 is 11.9 Å². The molecule has 0 aromatic carbocycles. The average molecular weight is 443 g/mol. The van der Waals surface area contributed by atoms with Crippen LogP contribution >= 0.6 is 15.9 Å². The van der Waals surface area contributed by atoms with Crippen LogP contribution in [0.25, 0.3) is 11.0 Å². The Labute approximate surface area is 163 Å². The van der Waals surface area contributed by atoms with Crippen LogP contribution in [0.5, 0.6) is 5.88 Å². The summed E-state index contributed by atoms with van der Waals surface area (Å²) >= 11 is 3.14. The maximum atomic E-state index is 14.2. The Morgan fingerprint density at radius 3 is 2.85 bits per heavy atom. The van der Waals surface area contributed by atoms with E-state index in [4.69, 9.17) is 18.9 Å². The summed E-state index contributed by atoms with van der Waals surface area (Å²) in [6.07, 6.45) is 0.939. The van der Waals surface area contributed by atoms with Crippen molar-refractivity contribution in [2.24, 2.45) is 0 Å². The van der Waals surface area contributed by atoms with Crippen LogP contribution in [0, 0.1) is 5.82 Å². The Morgan fingerprint density at radius 1 is 1.19 bits per heavy atom. The second kappa shape index (κ2) is 6.97. The van der Waals surface area contributed by atoms with Gasteiger partial charge < -0.3 is 24.1 Å². The molecule has 0 aliphatic carbocycles. The zero-order valence-corrected chi connectivity index (χ0v) is 16.1. The minimum atomic E-state index is -0.636. The van der Waals surface area contributed by atoms with Gasteiger partial charge in [-0.25, -0.2) is 9.37 Å². The summed E-state index contributed by atoms with van der Waals surface area (Å²) < 4.78 is 39.6. The molecule has 0 saturated carbocycles. The summed E-state index contributed by atoms with van der Waals surface area (Å²) in [7, 11) is 0. The summed E-state index contributed by atoms with van der Waals surface area (Å²) in [4.78, 5) is 4.29. The lowest BCUT2D eigenvalue weighted by Gasteiger charge is -2.27. The van der Waals surface area contributed by atoms with Gasteiger partial charge in [0.05, 0.1) is 24.2 Å². The summed E-state index contributed by atoms with van der Waals surface area (Å²) in [5, 5.41) is 9.93. The molecule has 27 heavy (non-hydrogen) atoms. The predicted octanol–water partition coefficient (Wildman–Crippen LogP) is 2.54. The van der Waals surface area contributed by atoms with Crippen LogP contribution in [0.4, 0.5) is 4.39 Å². The van der Waals surface area contributed by atoms with Gasteiger partial charge in [0.1, 0.15) is 29.1 Å². The van der Waals surface area contributed by atoms with E-state index in [1.165, 1.54) is 6.07 Å². The molecule has 3 aliphatic rings. The quantitative estimate of drug-likeness (QED) is 0.736. The lowest BCUT2D eigenvalue weighted by molar-refractivity contribution is -0.0392. The molecule has 0 spiro atoms. The van der Waals surface area contributed by atoms with Crippen molar-refractivity contribution in [1.82, 2.24) is 9.55 Å². The number of aliphatic hydroxyl groups excluding tert-OH is 1. The van der Waals surface area contributed by atoms with Crippen molar-refractivity contribution in [3.63, 3.8) is 0 Å². The normalized spacial score (nSPS) is 33.5. The monoisotopic (exact) mass is 442 g/mol. The number of ether oxygens (including phenoxy) is 4. The van der Waals surface area contributed by atoms with Gasteiger partial charge in [-0.1, -0.05) is 0 Å². The molecular weight excluding hydrogens is 423 g/mol. The standard InChI is InChI=1S/C18H20BrFN2O5/c19-18-9(20)5-11-10(21-18)6-15(22(11)14-3-1-2-4-24-14)27-13-8-26-16-12(23)7-25-17(13)16/h5-6,12-14,16-17,23H,1-4,7-8H2/t12-,13-,14?,16?,17-/m1/s1. The van der Waals surface area contributed by atoms with Crippen LogP contribution in [0.1, 0.15) is 25.5 Å². The van der Waals surface area contributed by atoms with E-state index in [1.54, 1.807) is 6.07 Å². The minimum Gasteiger partial charge on any atom is -0.470 e. The molecule has 0 bridgehead atoms. The first-order valence-corrected chi connectivity index (χ1v) is 9.97. The van der Waals surface area contributed by atoms with E-state index in [9.17, 15) is 9.50 Å². The molecule has 0 radical (unpaired) electrons. The van der Waals surface area contributed by atoms with E-state index in [-0.39, 0.29) is 35.7 Å². The van der Waals surface area contributed by atoms with Gasteiger partial charge in [0.2, 0.25) is 0 Å². The Morgan fingerprint density at radius 2 is 2.04 bits per heavy atom. The number of aliphatic hydroxyl groups is 1. The van der Waals surface area contributed by atoms with Crippen molar-refractivity contribution < 1.29 is 28.4 Å². The number of rotatable bonds is 3. The fraction of sp³-hybridized carbons (Fsp3) is 0.611. The highest BCUT2D eigenvalue weighted by Crippen LogP contribution is 2.37. The predicted molar refractivity (Wildman–Crippen MR) is 96.1 cm³/mol. The number of hydrogen-bond acceptors (Lipinski definition) is 6. The molecule has 5 heterocycles. The van der Waals surface area contributed by atoms with Crippen molar-refractivity contribution in [2.45, 2.75) is 49.9 Å². The van der Waals surface area contributed by atoms with Crippen LogP contribution < -0.4 is 4.74 Å². The fourth-order valence-electron chi connectivity index (χ4n) is 4.09. The zero-order chi connectivity index (χ0) is 18.5. The Kier molecular flexibility index (Phi) is 4.60. The van der Waals surface area contributed by atoms with Crippen LogP contribution in [-0.4, -0.2) is 58.9 Å². The highest BCUT2D eigenvalue weighted by atomic mass is 79.9. The van der Waals surface area contributed by atoms with Crippen molar-refractivity contribution in [3.05, 3.63) is 22.6 Å². The van der Waals surface area contributed by atoms with E-state index in [0.717, 1.165) is 19.3 Å². The molecule has 3 saturated heterocycles. The molecule has 146 valence electrons. The van der Waals surface area contributed by atoms with E-state index >= 15 is 0 Å². The van der Waals surface area contributed by atoms with Gasteiger partial charge in [0.25, 0.3) is 0 Å². The second-order valence-corrected chi connectivity index (χ2v) is 7.91. The van der Waals surface area contributed by atoms with Gasteiger partial charge in [0, 0.05) is 18.7 Å². The second-order valence-electron chi connectivity index (χ2n) is 7.16. The number of pyridine rings is 1. The fourth-order valence-corrected chi connectivity index (χ4v) is 4.40. The van der Waals surface area contributed by atoms with Crippen LogP contribution in [0.2, 0.25) is 0 Å². The average Bonchev–Trinajstić information content (AvgIpc) is 3.33. The third-order valence-electron chi connectivity index (χ3n) is 5.40. The number of nitrogens with zero attached hydrogens (tertiary/aromatic N) is 2. The Bertz CT molecular complexity index is 856. The molecule has 3 aliphatic heterocycles. The SMILES string of the molecule is O[C@@H]1CO[C@H]2C1OC[C@H]2Oc1cc2nc(Br)c(F)cc2n1C1CCCCO1. The molecule has 2 unspecified atom stereocenters. The van der Waals surface area contributed by atoms with Crippen LogP contribution in [0.15, 0.2) is 16.7 Å². The molecule has 3 fully saturated rings. The Balaban J connectivity index is 1.52. The van der Waals surface area contributed by atoms with E-state index in [2.05, 4.69) is 20.9 Å². The first kappa shape index (κ1) is 17.8. The molecule has 2 aromatic heterocycles. The van der Waals surface area contributed by atoms with Crippen molar-refractivity contribution in [1.29, 1.82) is 0 Å². The van der Waals surface area contributed by atoms with E-state index in [0.29, 0.717) is 30.1 Å². The van der Waals surface area contributed by atoms with Crippen molar-refractivity contribution in [3.8, 4) is 5.88 Å². The highest BCUT2D eigenvalue weighted by molar-refractivity contribution is 9.10. The van der Waals surface area contributed by atoms with Gasteiger partial charge in [-0.05, 0) is 35.2 Å². The first-order valence-electron chi connectivity index (χ1n) is 9.18. The Hall–Kier alpha value is -1.26. The van der Waals surface area contributed by atoms with E-state index in [1.807, 2.05) is 4.57 Å². The minimum absolute atomic E-state index is 0.162. The third-order valence-corrected chi connectivity index (χ3v) is 5.95.